The average Bonchev–Trinajstić information content (AvgIpc) is 2.56. The van der Waals surface area contributed by atoms with Crippen LogP contribution in [0, 0.1) is 0 Å². The molecule has 0 aliphatic heterocycles. The first-order chi connectivity index (χ1) is 11.5. The van der Waals surface area contributed by atoms with Gasteiger partial charge in [-0.1, -0.05) is 59.4 Å². The second kappa shape index (κ2) is 8.65. The van der Waals surface area contributed by atoms with Gasteiger partial charge in [-0.2, -0.15) is 0 Å². The van der Waals surface area contributed by atoms with Crippen molar-refractivity contribution in [1.82, 2.24) is 0 Å². The van der Waals surface area contributed by atoms with Crippen LogP contribution in [0.1, 0.15) is 0 Å². The van der Waals surface area contributed by atoms with Gasteiger partial charge in [0.15, 0.2) is 0 Å². The molecule has 3 rings (SSSR count). The van der Waals surface area contributed by atoms with Crippen LogP contribution in [-0.2, 0) is 0 Å². The highest BCUT2D eigenvalue weighted by atomic mass is 79.9. The van der Waals surface area contributed by atoms with E-state index in [1.54, 1.807) is 23.5 Å². The third-order valence-electron chi connectivity index (χ3n) is 3.08. The van der Waals surface area contributed by atoms with E-state index in [0.717, 1.165) is 38.0 Å². The van der Waals surface area contributed by atoms with Crippen LogP contribution in [0.2, 0.25) is 5.02 Å². The number of benzene rings is 3. The summed E-state index contributed by atoms with van der Waals surface area (Å²) in [6, 6.07) is 20.3. The summed E-state index contributed by atoms with van der Waals surface area (Å²) in [4.78, 5) is 4.47. The van der Waals surface area contributed by atoms with Gasteiger partial charge in [-0.25, -0.2) is 0 Å². The van der Waals surface area contributed by atoms with E-state index in [1.165, 1.54) is 0 Å². The van der Waals surface area contributed by atoms with Gasteiger partial charge in [0.2, 0.25) is 0 Å². The fourth-order valence-electron chi connectivity index (χ4n) is 1.98. The molecule has 0 spiro atoms. The molecule has 0 bridgehead atoms. The van der Waals surface area contributed by atoms with Crippen molar-refractivity contribution in [1.29, 1.82) is 0 Å². The Labute approximate surface area is 180 Å². The molecule has 0 heterocycles. The minimum absolute atomic E-state index is 0.724. The molecular weight excluding hydrogens is 555 g/mol. The van der Waals surface area contributed by atoms with Gasteiger partial charge in [-0.3, -0.25) is 0 Å². The molecular formula is C18H10Br3ClS2. The maximum absolute atomic E-state index is 6.36. The van der Waals surface area contributed by atoms with Crippen molar-refractivity contribution >= 4 is 82.9 Å². The lowest BCUT2D eigenvalue weighted by atomic mass is 10.3. The Hall–Kier alpha value is 0.0900. The van der Waals surface area contributed by atoms with Crippen molar-refractivity contribution in [3.05, 3.63) is 79.1 Å². The zero-order chi connectivity index (χ0) is 17.1. The minimum Gasteiger partial charge on any atom is -0.0876 e. The van der Waals surface area contributed by atoms with Crippen LogP contribution in [-0.4, -0.2) is 0 Å². The quantitative estimate of drug-likeness (QED) is 0.310. The predicted molar refractivity (Wildman–Crippen MR) is 116 cm³/mol. The van der Waals surface area contributed by atoms with E-state index in [-0.39, 0.29) is 0 Å². The van der Waals surface area contributed by atoms with Gasteiger partial charge in [0.25, 0.3) is 0 Å². The van der Waals surface area contributed by atoms with Crippen LogP contribution in [0.4, 0.5) is 0 Å². The monoisotopic (exact) mass is 562 g/mol. The van der Waals surface area contributed by atoms with Crippen LogP contribution in [0.25, 0.3) is 0 Å². The first-order valence-corrected chi connectivity index (χ1v) is 11.3. The van der Waals surface area contributed by atoms with Gasteiger partial charge in [0.05, 0.1) is 0 Å². The van der Waals surface area contributed by atoms with Crippen molar-refractivity contribution in [2.45, 2.75) is 19.6 Å². The van der Waals surface area contributed by atoms with Crippen LogP contribution in [0.15, 0.2) is 93.7 Å². The normalized spacial score (nSPS) is 10.8. The Bertz CT molecular complexity index is 815. The maximum Gasteiger partial charge on any atom is 0.0455 e. The SMILES string of the molecule is Clc1cc(Sc2ccccc2Br)c(Br)c(Sc2ccccc2Br)c1. The van der Waals surface area contributed by atoms with Crippen LogP contribution in [0.5, 0.6) is 0 Å². The molecule has 0 aliphatic rings. The molecule has 3 aromatic carbocycles. The average molecular weight is 566 g/mol. The van der Waals surface area contributed by atoms with Gasteiger partial charge in [0, 0.05) is 38.0 Å². The molecule has 0 unspecified atom stereocenters. The largest absolute Gasteiger partial charge is 0.0876 e. The summed E-state index contributed by atoms with van der Waals surface area (Å²) >= 11 is 20.7. The van der Waals surface area contributed by atoms with Crippen molar-refractivity contribution < 1.29 is 0 Å². The van der Waals surface area contributed by atoms with Crippen LogP contribution < -0.4 is 0 Å². The van der Waals surface area contributed by atoms with Crippen molar-refractivity contribution in [2.24, 2.45) is 0 Å². The van der Waals surface area contributed by atoms with Crippen molar-refractivity contribution in [3.63, 3.8) is 0 Å². The fourth-order valence-corrected chi connectivity index (χ4v) is 6.03. The summed E-state index contributed by atoms with van der Waals surface area (Å²) in [7, 11) is 0. The molecule has 0 saturated heterocycles. The van der Waals surface area contributed by atoms with Crippen LogP contribution in [0.3, 0.4) is 0 Å². The molecule has 0 fully saturated rings. The second-order valence-corrected chi connectivity index (χ2v) is 9.89. The van der Waals surface area contributed by atoms with Gasteiger partial charge in [-0.15, -0.1) is 0 Å². The Kier molecular flexibility index (Phi) is 6.80. The van der Waals surface area contributed by atoms with Crippen molar-refractivity contribution in [3.8, 4) is 0 Å². The van der Waals surface area contributed by atoms with E-state index in [1.807, 2.05) is 48.5 Å². The fraction of sp³-hybridized carbons (Fsp3) is 0. The molecule has 3 aromatic rings. The van der Waals surface area contributed by atoms with E-state index in [0.29, 0.717) is 0 Å². The maximum atomic E-state index is 6.36. The molecule has 0 saturated carbocycles. The molecule has 0 nitrogen and oxygen atoms in total. The lowest BCUT2D eigenvalue weighted by Crippen LogP contribution is -1.84. The Morgan fingerprint density at radius 1 is 0.625 bits per heavy atom. The molecule has 0 aromatic heterocycles. The highest BCUT2D eigenvalue weighted by Gasteiger charge is 2.13. The van der Waals surface area contributed by atoms with Gasteiger partial charge >= 0.3 is 0 Å². The predicted octanol–water partition coefficient (Wildman–Crippen LogP) is 8.93. The summed E-state index contributed by atoms with van der Waals surface area (Å²) in [5.74, 6) is 0. The van der Waals surface area contributed by atoms with Crippen molar-refractivity contribution in [2.75, 3.05) is 0 Å². The topological polar surface area (TPSA) is 0 Å². The second-order valence-electron chi connectivity index (χ2n) is 4.78. The molecule has 24 heavy (non-hydrogen) atoms. The van der Waals surface area contributed by atoms with E-state index in [4.69, 9.17) is 11.6 Å². The van der Waals surface area contributed by atoms with E-state index >= 15 is 0 Å². The first-order valence-electron chi connectivity index (χ1n) is 6.88. The number of rotatable bonds is 4. The third-order valence-corrected chi connectivity index (χ3v) is 8.82. The highest BCUT2D eigenvalue weighted by Crippen LogP contribution is 2.45. The summed E-state index contributed by atoms with van der Waals surface area (Å²) in [6.07, 6.45) is 0. The van der Waals surface area contributed by atoms with E-state index < -0.39 is 0 Å². The van der Waals surface area contributed by atoms with Gasteiger partial charge < -0.3 is 0 Å². The highest BCUT2D eigenvalue weighted by molar-refractivity contribution is 9.11. The molecule has 6 heteroatoms. The number of hydrogen-bond donors (Lipinski definition) is 0. The molecule has 122 valence electrons. The van der Waals surface area contributed by atoms with Crippen LogP contribution >= 0.6 is 82.9 Å². The molecule has 0 amide bonds. The third kappa shape index (κ3) is 4.63. The lowest BCUT2D eigenvalue weighted by Gasteiger charge is -2.12. The standard InChI is InChI=1S/C18H10Br3ClS2/c19-12-5-1-3-7-14(12)23-16-9-11(22)10-17(18(16)21)24-15-8-4-2-6-13(15)20/h1-10H. The minimum atomic E-state index is 0.724. The first kappa shape index (κ1) is 18.9. The summed E-state index contributed by atoms with van der Waals surface area (Å²) in [5.41, 5.74) is 0. The smallest absolute Gasteiger partial charge is 0.0455 e. The van der Waals surface area contributed by atoms with Gasteiger partial charge in [-0.05, 0) is 84.2 Å². The Morgan fingerprint density at radius 2 is 1.04 bits per heavy atom. The zero-order valence-electron chi connectivity index (χ0n) is 12.1. The number of halogens is 4. The van der Waals surface area contributed by atoms with E-state index in [9.17, 15) is 0 Å². The summed E-state index contributed by atoms with van der Waals surface area (Å²) < 4.78 is 3.19. The lowest BCUT2D eigenvalue weighted by molar-refractivity contribution is 1.25. The Morgan fingerprint density at radius 3 is 1.46 bits per heavy atom. The summed E-state index contributed by atoms with van der Waals surface area (Å²) in [5, 5.41) is 0.724. The summed E-state index contributed by atoms with van der Waals surface area (Å²) in [6.45, 7) is 0. The zero-order valence-corrected chi connectivity index (χ0v) is 19.2. The molecule has 0 atom stereocenters. The van der Waals surface area contributed by atoms with E-state index in [2.05, 4.69) is 59.9 Å². The molecule has 0 aliphatic carbocycles. The molecule has 0 radical (unpaired) electrons. The number of hydrogen-bond acceptors (Lipinski definition) is 2. The van der Waals surface area contributed by atoms with Gasteiger partial charge in [0.1, 0.15) is 0 Å². The Balaban J connectivity index is 1.96. The molecule has 0 N–H and O–H groups in total.